The third kappa shape index (κ3) is 5.13. The van der Waals surface area contributed by atoms with Gasteiger partial charge in [0, 0.05) is 56.8 Å². The van der Waals surface area contributed by atoms with Gasteiger partial charge in [-0.25, -0.2) is 4.68 Å². The monoisotopic (exact) mass is 486 g/mol. The van der Waals surface area contributed by atoms with Crippen LogP contribution in [-0.4, -0.2) is 63.5 Å². The summed E-state index contributed by atoms with van der Waals surface area (Å²) >= 11 is 5.60. The summed E-state index contributed by atoms with van der Waals surface area (Å²) in [6.07, 6.45) is 7.55. The van der Waals surface area contributed by atoms with Gasteiger partial charge in [0.2, 0.25) is 0 Å². The number of rotatable bonds is 6. The second kappa shape index (κ2) is 10.1. The zero-order valence-corrected chi connectivity index (χ0v) is 21.0. The molecule has 4 atom stereocenters. The third-order valence-corrected chi connectivity index (χ3v) is 8.36. The molecular weight excluding hydrogens is 452 g/mol. The first-order valence-electron chi connectivity index (χ1n) is 12.9. The minimum Gasteiger partial charge on any atom is -0.361 e. The number of aromatic nitrogens is 2. The largest absolute Gasteiger partial charge is 0.361 e. The molecule has 0 spiro atoms. The Morgan fingerprint density at radius 2 is 1.89 bits per heavy atom. The summed E-state index contributed by atoms with van der Waals surface area (Å²) in [7, 11) is 0. The summed E-state index contributed by atoms with van der Waals surface area (Å²) in [5, 5.41) is 11.8. The van der Waals surface area contributed by atoms with Crippen molar-refractivity contribution in [2.24, 2.45) is 11.8 Å². The highest BCUT2D eigenvalue weighted by Crippen LogP contribution is 2.37. The SMILES string of the molecule is S=C(NCC1CC2CCN1CC2CN1CCc2ccccc2C1)Nc1ccc(-n2cccn2)cc1. The molecule has 2 bridgehead atoms. The van der Waals surface area contributed by atoms with Crippen LogP contribution in [0.3, 0.4) is 0 Å². The van der Waals surface area contributed by atoms with Crippen LogP contribution in [0.25, 0.3) is 5.69 Å². The Bertz CT molecular complexity index is 1140. The predicted octanol–water partition coefficient (Wildman–Crippen LogP) is 3.93. The Morgan fingerprint density at radius 1 is 1.03 bits per heavy atom. The Balaban J connectivity index is 0.974. The fourth-order valence-corrected chi connectivity index (χ4v) is 6.42. The maximum absolute atomic E-state index is 5.60. The van der Waals surface area contributed by atoms with E-state index in [9.17, 15) is 0 Å². The molecule has 0 aliphatic carbocycles. The van der Waals surface area contributed by atoms with Crippen molar-refractivity contribution >= 4 is 23.0 Å². The summed E-state index contributed by atoms with van der Waals surface area (Å²) in [5.41, 5.74) is 5.10. The highest BCUT2D eigenvalue weighted by Gasteiger charge is 2.40. The third-order valence-electron chi connectivity index (χ3n) is 8.11. The van der Waals surface area contributed by atoms with E-state index in [1.165, 1.54) is 51.0 Å². The van der Waals surface area contributed by atoms with Crippen molar-refractivity contribution in [3.8, 4) is 5.69 Å². The molecule has 0 saturated carbocycles. The maximum Gasteiger partial charge on any atom is 0.170 e. The molecule has 0 amide bonds. The molecule has 1 aromatic heterocycles. The van der Waals surface area contributed by atoms with Crippen LogP contribution in [0.2, 0.25) is 0 Å². The first-order valence-corrected chi connectivity index (χ1v) is 13.3. The standard InChI is InChI=1S/C28H34N6S/c35-28(31-25-6-8-26(9-7-25)34-13-3-12-30-34)29-17-27-16-22-11-15-33(27)20-24(22)19-32-14-10-21-4-1-2-5-23(21)18-32/h1-9,12-13,22,24,27H,10-11,14-20H2,(H2,29,31,35). The van der Waals surface area contributed by atoms with Gasteiger partial charge in [0.1, 0.15) is 0 Å². The van der Waals surface area contributed by atoms with Crippen LogP contribution in [0, 0.1) is 11.8 Å². The molecule has 4 unspecified atom stereocenters. The number of nitrogens with one attached hydrogen (secondary N) is 2. The van der Waals surface area contributed by atoms with E-state index in [4.69, 9.17) is 12.2 Å². The van der Waals surface area contributed by atoms with Crippen molar-refractivity contribution in [1.29, 1.82) is 0 Å². The topological polar surface area (TPSA) is 48.4 Å². The number of hydrogen-bond donors (Lipinski definition) is 2. The Labute approximate surface area is 213 Å². The lowest BCUT2D eigenvalue weighted by Crippen LogP contribution is -2.58. The summed E-state index contributed by atoms with van der Waals surface area (Å²) in [5.74, 6) is 1.63. The van der Waals surface area contributed by atoms with Crippen molar-refractivity contribution in [2.75, 3.05) is 38.0 Å². The average Bonchev–Trinajstić information content (AvgIpc) is 3.44. The minimum atomic E-state index is 0.578. The highest BCUT2D eigenvalue weighted by molar-refractivity contribution is 7.80. The number of fused-ring (bicyclic) bond motifs is 4. The maximum atomic E-state index is 5.60. The number of piperidine rings is 3. The lowest BCUT2D eigenvalue weighted by Gasteiger charge is -2.51. The normalized spacial score (nSPS) is 25.7. The van der Waals surface area contributed by atoms with Crippen LogP contribution in [0.1, 0.15) is 24.0 Å². The summed E-state index contributed by atoms with van der Waals surface area (Å²) in [6, 6.07) is 19.7. The zero-order valence-electron chi connectivity index (χ0n) is 20.1. The van der Waals surface area contributed by atoms with E-state index in [0.717, 1.165) is 36.3 Å². The van der Waals surface area contributed by atoms with E-state index >= 15 is 0 Å². The molecule has 3 aromatic rings. The van der Waals surface area contributed by atoms with Gasteiger partial charge in [-0.2, -0.15) is 5.10 Å². The molecule has 3 saturated heterocycles. The van der Waals surface area contributed by atoms with Gasteiger partial charge in [0.15, 0.2) is 5.11 Å². The molecule has 35 heavy (non-hydrogen) atoms. The molecule has 5 heterocycles. The Hall–Kier alpha value is -2.74. The summed E-state index contributed by atoms with van der Waals surface area (Å²) < 4.78 is 1.85. The molecule has 2 aromatic carbocycles. The molecule has 3 fully saturated rings. The number of benzene rings is 2. The van der Waals surface area contributed by atoms with Gasteiger partial charge in [-0.15, -0.1) is 0 Å². The average molecular weight is 487 g/mol. The lowest BCUT2D eigenvalue weighted by atomic mass is 9.75. The van der Waals surface area contributed by atoms with E-state index in [1.54, 1.807) is 11.8 Å². The van der Waals surface area contributed by atoms with Crippen molar-refractivity contribution in [1.82, 2.24) is 24.9 Å². The molecule has 7 rings (SSSR count). The number of nitrogens with zero attached hydrogens (tertiary/aromatic N) is 4. The van der Waals surface area contributed by atoms with Gasteiger partial charge in [-0.05, 0) is 91.3 Å². The Kier molecular flexibility index (Phi) is 6.55. The van der Waals surface area contributed by atoms with Gasteiger partial charge in [-0.3, -0.25) is 9.80 Å². The molecule has 7 heteroatoms. The van der Waals surface area contributed by atoms with Crippen LogP contribution in [-0.2, 0) is 13.0 Å². The second-order valence-corrected chi connectivity index (χ2v) is 10.7. The van der Waals surface area contributed by atoms with Crippen molar-refractivity contribution in [2.45, 2.75) is 31.8 Å². The van der Waals surface area contributed by atoms with E-state index in [1.807, 2.05) is 41.2 Å². The summed E-state index contributed by atoms with van der Waals surface area (Å²) in [4.78, 5) is 5.40. The van der Waals surface area contributed by atoms with Gasteiger partial charge >= 0.3 is 0 Å². The van der Waals surface area contributed by atoms with Crippen LogP contribution in [0.4, 0.5) is 5.69 Å². The van der Waals surface area contributed by atoms with Crippen LogP contribution >= 0.6 is 12.2 Å². The van der Waals surface area contributed by atoms with Crippen LogP contribution in [0.15, 0.2) is 67.0 Å². The second-order valence-electron chi connectivity index (χ2n) is 10.3. The molecule has 182 valence electrons. The van der Waals surface area contributed by atoms with Crippen molar-refractivity contribution in [3.63, 3.8) is 0 Å². The minimum absolute atomic E-state index is 0.578. The fourth-order valence-electron chi connectivity index (χ4n) is 6.22. The smallest absolute Gasteiger partial charge is 0.170 e. The number of thiocarbonyl (C=S) groups is 1. The van der Waals surface area contributed by atoms with E-state index in [2.05, 4.69) is 49.8 Å². The summed E-state index contributed by atoms with van der Waals surface area (Å²) in [6.45, 7) is 6.93. The van der Waals surface area contributed by atoms with E-state index in [0.29, 0.717) is 11.2 Å². The van der Waals surface area contributed by atoms with Crippen LogP contribution < -0.4 is 10.6 Å². The van der Waals surface area contributed by atoms with Gasteiger partial charge in [-0.1, -0.05) is 24.3 Å². The molecule has 6 nitrogen and oxygen atoms in total. The molecule has 4 aliphatic heterocycles. The van der Waals surface area contributed by atoms with Crippen molar-refractivity contribution < 1.29 is 0 Å². The molecule has 0 radical (unpaired) electrons. The number of anilines is 1. The molecule has 4 aliphatic rings. The van der Waals surface area contributed by atoms with Crippen LogP contribution in [0.5, 0.6) is 0 Å². The van der Waals surface area contributed by atoms with Gasteiger partial charge < -0.3 is 10.6 Å². The highest BCUT2D eigenvalue weighted by atomic mass is 32.1. The van der Waals surface area contributed by atoms with Gasteiger partial charge in [0.05, 0.1) is 5.69 Å². The lowest BCUT2D eigenvalue weighted by molar-refractivity contribution is -0.0120. The van der Waals surface area contributed by atoms with Crippen molar-refractivity contribution in [3.05, 3.63) is 78.1 Å². The number of hydrogen-bond acceptors (Lipinski definition) is 4. The first kappa shape index (κ1) is 22.7. The zero-order chi connectivity index (χ0) is 23.6. The van der Waals surface area contributed by atoms with E-state index in [-0.39, 0.29) is 0 Å². The van der Waals surface area contributed by atoms with Gasteiger partial charge in [0.25, 0.3) is 0 Å². The fraction of sp³-hybridized carbons (Fsp3) is 0.429. The molecular formula is C28H34N6S. The first-order chi connectivity index (χ1) is 17.2. The predicted molar refractivity (Wildman–Crippen MR) is 145 cm³/mol. The van der Waals surface area contributed by atoms with E-state index < -0.39 is 0 Å². The quantitative estimate of drug-likeness (QED) is 0.515. The Morgan fingerprint density at radius 3 is 2.66 bits per heavy atom. The molecule has 2 N–H and O–H groups in total.